The number of hydrogen-bond acceptors (Lipinski definition) is 4. The van der Waals surface area contributed by atoms with Crippen LogP contribution in [0.15, 0.2) is 29.2 Å². The number of carboxylic acids is 1. The summed E-state index contributed by atoms with van der Waals surface area (Å²) < 4.78 is 23.1. The van der Waals surface area contributed by atoms with Gasteiger partial charge in [-0.3, -0.25) is 4.79 Å². The highest BCUT2D eigenvalue weighted by Gasteiger charge is 2.36. The van der Waals surface area contributed by atoms with E-state index in [4.69, 9.17) is 10.2 Å². The Labute approximate surface area is 111 Å². The predicted molar refractivity (Wildman–Crippen MR) is 70.3 cm³/mol. The lowest BCUT2D eigenvalue weighted by molar-refractivity contribution is -0.142. The highest BCUT2D eigenvalue weighted by atomic mass is 32.2. The summed E-state index contributed by atoms with van der Waals surface area (Å²) in [6.45, 7) is 2.64. The van der Waals surface area contributed by atoms with Crippen molar-refractivity contribution < 1.29 is 18.3 Å². The van der Waals surface area contributed by atoms with E-state index >= 15 is 0 Å². The van der Waals surface area contributed by atoms with Crippen LogP contribution in [0.3, 0.4) is 0 Å². The number of primary sulfonamides is 1. The van der Waals surface area contributed by atoms with Crippen LogP contribution in [0.4, 0.5) is 5.69 Å². The fourth-order valence-electron chi connectivity index (χ4n) is 2.44. The Balaban J connectivity index is 2.37. The number of para-hydroxylation sites is 1. The molecule has 7 heteroatoms. The average molecular weight is 284 g/mol. The van der Waals surface area contributed by atoms with Crippen molar-refractivity contribution >= 4 is 21.7 Å². The molecule has 1 aliphatic rings. The van der Waals surface area contributed by atoms with Crippen molar-refractivity contribution in [2.75, 3.05) is 18.0 Å². The minimum absolute atomic E-state index is 0.0354. The maximum Gasteiger partial charge on any atom is 0.308 e. The zero-order valence-corrected chi connectivity index (χ0v) is 11.3. The molecule has 2 atom stereocenters. The van der Waals surface area contributed by atoms with Crippen molar-refractivity contribution in [2.45, 2.75) is 11.8 Å². The molecule has 3 N–H and O–H groups in total. The van der Waals surface area contributed by atoms with Gasteiger partial charge in [-0.1, -0.05) is 19.1 Å². The Hall–Kier alpha value is -1.60. The van der Waals surface area contributed by atoms with Gasteiger partial charge in [0, 0.05) is 13.1 Å². The second-order valence-electron chi connectivity index (χ2n) is 4.84. The van der Waals surface area contributed by atoms with Gasteiger partial charge >= 0.3 is 5.97 Å². The molecule has 2 rings (SSSR count). The normalized spacial score (nSPS) is 23.6. The number of anilines is 1. The summed E-state index contributed by atoms with van der Waals surface area (Å²) in [6.07, 6.45) is 0. The Morgan fingerprint density at radius 1 is 1.37 bits per heavy atom. The summed E-state index contributed by atoms with van der Waals surface area (Å²) in [6, 6.07) is 6.39. The Morgan fingerprint density at radius 3 is 2.53 bits per heavy atom. The lowest BCUT2D eigenvalue weighted by Crippen LogP contribution is -2.25. The molecule has 1 aliphatic heterocycles. The van der Waals surface area contributed by atoms with E-state index in [9.17, 15) is 13.2 Å². The van der Waals surface area contributed by atoms with Crippen LogP contribution < -0.4 is 10.0 Å². The van der Waals surface area contributed by atoms with Crippen LogP contribution in [-0.4, -0.2) is 32.6 Å². The first-order chi connectivity index (χ1) is 8.80. The number of aliphatic carboxylic acids is 1. The summed E-state index contributed by atoms with van der Waals surface area (Å²) in [7, 11) is -3.82. The smallest absolute Gasteiger partial charge is 0.308 e. The fourth-order valence-corrected chi connectivity index (χ4v) is 3.20. The molecule has 1 heterocycles. The standard InChI is InChI=1S/C12H16N2O4S/c1-8-6-14(7-9(8)12(15)16)10-4-2-3-5-11(10)19(13,17)18/h2-5,8-9H,6-7H2,1H3,(H,15,16)(H2,13,17,18)/t8-,9-/m1/s1. The molecule has 0 bridgehead atoms. The highest BCUT2D eigenvalue weighted by molar-refractivity contribution is 7.89. The molecule has 0 saturated carbocycles. The molecule has 1 saturated heterocycles. The molecular formula is C12H16N2O4S. The predicted octanol–water partition coefficient (Wildman–Crippen LogP) is 0.491. The van der Waals surface area contributed by atoms with E-state index in [1.54, 1.807) is 23.1 Å². The van der Waals surface area contributed by atoms with Crippen molar-refractivity contribution in [1.82, 2.24) is 0 Å². The topological polar surface area (TPSA) is 101 Å². The van der Waals surface area contributed by atoms with Gasteiger partial charge in [0.25, 0.3) is 0 Å². The average Bonchev–Trinajstić information content (AvgIpc) is 2.70. The van der Waals surface area contributed by atoms with Crippen molar-refractivity contribution in [3.05, 3.63) is 24.3 Å². The zero-order chi connectivity index (χ0) is 14.2. The highest BCUT2D eigenvalue weighted by Crippen LogP contribution is 2.32. The Bertz CT molecular complexity index is 600. The molecule has 0 spiro atoms. The fraction of sp³-hybridized carbons (Fsp3) is 0.417. The van der Waals surface area contributed by atoms with E-state index in [1.807, 2.05) is 6.92 Å². The summed E-state index contributed by atoms with van der Waals surface area (Å²) in [4.78, 5) is 12.9. The Morgan fingerprint density at radius 2 is 2.00 bits per heavy atom. The number of nitrogens with zero attached hydrogens (tertiary/aromatic N) is 1. The molecule has 1 aromatic carbocycles. The summed E-state index contributed by atoms with van der Waals surface area (Å²) in [5.41, 5.74) is 0.473. The second-order valence-corrected chi connectivity index (χ2v) is 6.37. The molecule has 0 radical (unpaired) electrons. The van der Waals surface area contributed by atoms with E-state index in [0.29, 0.717) is 18.8 Å². The molecular weight excluding hydrogens is 268 g/mol. The third-order valence-electron chi connectivity index (χ3n) is 3.44. The number of hydrogen-bond donors (Lipinski definition) is 2. The molecule has 0 aromatic heterocycles. The minimum Gasteiger partial charge on any atom is -0.481 e. The zero-order valence-electron chi connectivity index (χ0n) is 10.5. The van der Waals surface area contributed by atoms with Crippen molar-refractivity contribution in [3.63, 3.8) is 0 Å². The third-order valence-corrected chi connectivity index (χ3v) is 4.40. The summed E-state index contributed by atoms with van der Waals surface area (Å²) in [5.74, 6) is -1.39. The number of rotatable bonds is 3. The van der Waals surface area contributed by atoms with Gasteiger partial charge in [0.1, 0.15) is 4.90 Å². The van der Waals surface area contributed by atoms with Crippen LogP contribution in [0.5, 0.6) is 0 Å². The van der Waals surface area contributed by atoms with E-state index < -0.39 is 21.9 Å². The van der Waals surface area contributed by atoms with E-state index in [-0.39, 0.29) is 10.8 Å². The van der Waals surface area contributed by atoms with Crippen LogP contribution in [0.1, 0.15) is 6.92 Å². The van der Waals surface area contributed by atoms with Crippen LogP contribution in [0.25, 0.3) is 0 Å². The molecule has 0 amide bonds. The molecule has 1 fully saturated rings. The van der Waals surface area contributed by atoms with Gasteiger partial charge in [-0.15, -0.1) is 0 Å². The number of sulfonamides is 1. The molecule has 19 heavy (non-hydrogen) atoms. The molecule has 1 aromatic rings. The third kappa shape index (κ3) is 2.71. The summed E-state index contributed by atoms with van der Waals surface area (Å²) in [5, 5.41) is 14.3. The first-order valence-corrected chi connectivity index (χ1v) is 7.45. The van der Waals surface area contributed by atoms with Crippen LogP contribution in [0, 0.1) is 11.8 Å². The van der Waals surface area contributed by atoms with Gasteiger partial charge in [-0.05, 0) is 18.1 Å². The number of carboxylic acid groups (broad SMARTS) is 1. The monoisotopic (exact) mass is 284 g/mol. The minimum atomic E-state index is -3.82. The van der Waals surface area contributed by atoms with Crippen molar-refractivity contribution in [3.8, 4) is 0 Å². The SMILES string of the molecule is C[C@@H]1CN(c2ccccc2S(N)(=O)=O)C[C@H]1C(=O)O. The first-order valence-electron chi connectivity index (χ1n) is 5.90. The van der Waals surface area contributed by atoms with E-state index in [2.05, 4.69) is 0 Å². The van der Waals surface area contributed by atoms with Gasteiger partial charge in [0.2, 0.25) is 10.0 Å². The van der Waals surface area contributed by atoms with E-state index in [1.165, 1.54) is 6.07 Å². The first kappa shape index (κ1) is 13.8. The van der Waals surface area contributed by atoms with Gasteiger partial charge in [-0.25, -0.2) is 13.6 Å². The summed E-state index contributed by atoms with van der Waals surface area (Å²) >= 11 is 0. The van der Waals surface area contributed by atoms with Crippen LogP contribution in [-0.2, 0) is 14.8 Å². The van der Waals surface area contributed by atoms with Crippen molar-refractivity contribution in [2.24, 2.45) is 17.0 Å². The number of nitrogens with two attached hydrogens (primary N) is 1. The van der Waals surface area contributed by atoms with Gasteiger partial charge in [0.05, 0.1) is 11.6 Å². The second kappa shape index (κ2) is 4.82. The lowest BCUT2D eigenvalue weighted by atomic mass is 9.99. The lowest BCUT2D eigenvalue weighted by Gasteiger charge is -2.20. The Kier molecular flexibility index (Phi) is 3.51. The molecule has 0 aliphatic carbocycles. The maximum absolute atomic E-state index is 11.5. The van der Waals surface area contributed by atoms with Crippen LogP contribution in [0.2, 0.25) is 0 Å². The molecule has 6 nitrogen and oxygen atoms in total. The maximum atomic E-state index is 11.5. The van der Waals surface area contributed by atoms with E-state index in [0.717, 1.165) is 0 Å². The number of carbonyl (C=O) groups is 1. The molecule has 0 unspecified atom stereocenters. The number of benzene rings is 1. The van der Waals surface area contributed by atoms with Crippen LogP contribution >= 0.6 is 0 Å². The molecule has 104 valence electrons. The largest absolute Gasteiger partial charge is 0.481 e. The van der Waals surface area contributed by atoms with Gasteiger partial charge in [0.15, 0.2) is 0 Å². The quantitative estimate of drug-likeness (QED) is 0.841. The van der Waals surface area contributed by atoms with Gasteiger partial charge in [-0.2, -0.15) is 0 Å². The van der Waals surface area contributed by atoms with Crippen molar-refractivity contribution in [1.29, 1.82) is 0 Å². The van der Waals surface area contributed by atoms with Gasteiger partial charge < -0.3 is 10.0 Å².